The molecule has 0 spiro atoms. The molecule has 0 N–H and O–H groups in total. The Labute approximate surface area is 254 Å². The number of anilines is 5. The molecule has 2 aromatic heterocycles. The highest BCUT2D eigenvalue weighted by Gasteiger charge is 2.18. The predicted octanol–water partition coefficient (Wildman–Crippen LogP) is 10.9. The minimum Gasteiger partial charge on any atom is -0.456 e. The monoisotopic (exact) mass is 575 g/mol. The van der Waals surface area contributed by atoms with Gasteiger partial charge in [0, 0.05) is 64.1 Å². The highest BCUT2D eigenvalue weighted by Crippen LogP contribution is 2.41. The first-order valence-corrected chi connectivity index (χ1v) is 14.7. The van der Waals surface area contributed by atoms with Crippen LogP contribution in [0, 0.1) is 12.7 Å². The highest BCUT2D eigenvalue weighted by molar-refractivity contribution is 6.10. The smallest absolute Gasteiger partial charge is 0.135 e. The van der Waals surface area contributed by atoms with Gasteiger partial charge < -0.3 is 18.8 Å². The van der Waals surface area contributed by atoms with Gasteiger partial charge >= 0.3 is 0 Å². The summed E-state index contributed by atoms with van der Waals surface area (Å²) >= 11 is 0. The van der Waals surface area contributed by atoms with Crippen LogP contribution in [0.25, 0.3) is 43.7 Å². The molecule has 0 aliphatic carbocycles. The molecule has 0 saturated carbocycles. The van der Waals surface area contributed by atoms with Crippen LogP contribution < -0.4 is 9.80 Å². The number of furan rings is 1. The third kappa shape index (κ3) is 4.20. The first-order chi connectivity index (χ1) is 21.4. The summed E-state index contributed by atoms with van der Waals surface area (Å²) < 4.78 is 22.0. The lowest BCUT2D eigenvalue weighted by atomic mass is 10.1. The standard InChI is InChI=1S/C39H30FN3O/c1-25-9-19-38-34(21-25)35-22-30(16-20-39(35)44-38)43(28-7-5-4-6-8-28)31-15-18-33-32-17-14-29(23-36(32)42(3)37(33)24-31)41(2)27-12-10-26(40)11-13-27/h4-24H,1-3H3. The molecule has 0 saturated heterocycles. The summed E-state index contributed by atoms with van der Waals surface area (Å²) in [5.74, 6) is -0.236. The fourth-order valence-electron chi connectivity index (χ4n) is 6.38. The highest BCUT2D eigenvalue weighted by atomic mass is 19.1. The van der Waals surface area contributed by atoms with Crippen molar-refractivity contribution in [2.75, 3.05) is 16.8 Å². The second-order valence-electron chi connectivity index (χ2n) is 11.5. The fourth-order valence-corrected chi connectivity index (χ4v) is 6.38. The molecule has 4 nitrogen and oxygen atoms in total. The Morgan fingerprint density at radius 2 is 1.11 bits per heavy atom. The number of hydrogen-bond acceptors (Lipinski definition) is 3. The minimum atomic E-state index is -0.236. The molecule has 44 heavy (non-hydrogen) atoms. The second-order valence-corrected chi connectivity index (χ2v) is 11.5. The molecule has 214 valence electrons. The molecular weight excluding hydrogens is 545 g/mol. The molecule has 0 amide bonds. The molecule has 0 atom stereocenters. The van der Waals surface area contributed by atoms with Crippen molar-refractivity contribution in [2.45, 2.75) is 6.92 Å². The van der Waals surface area contributed by atoms with Gasteiger partial charge in [0.05, 0.1) is 11.0 Å². The van der Waals surface area contributed by atoms with Gasteiger partial charge in [0.1, 0.15) is 17.0 Å². The van der Waals surface area contributed by atoms with Crippen LogP contribution in [0.15, 0.2) is 132 Å². The van der Waals surface area contributed by atoms with Gasteiger partial charge in [-0.15, -0.1) is 0 Å². The van der Waals surface area contributed by atoms with E-state index in [1.807, 2.05) is 13.1 Å². The number of fused-ring (bicyclic) bond motifs is 6. The van der Waals surface area contributed by atoms with Crippen molar-refractivity contribution in [1.82, 2.24) is 4.57 Å². The summed E-state index contributed by atoms with van der Waals surface area (Å²) in [6.45, 7) is 2.11. The zero-order valence-corrected chi connectivity index (χ0v) is 24.8. The number of halogens is 1. The van der Waals surface area contributed by atoms with E-state index < -0.39 is 0 Å². The van der Waals surface area contributed by atoms with E-state index in [0.717, 1.165) is 61.4 Å². The number of rotatable bonds is 5. The summed E-state index contributed by atoms with van der Waals surface area (Å²) in [4.78, 5) is 4.38. The van der Waals surface area contributed by atoms with Gasteiger partial charge in [-0.1, -0.05) is 42.0 Å². The molecule has 2 heterocycles. The Morgan fingerprint density at radius 3 is 1.84 bits per heavy atom. The van der Waals surface area contributed by atoms with E-state index in [4.69, 9.17) is 4.42 Å². The maximum atomic E-state index is 13.5. The van der Waals surface area contributed by atoms with Crippen molar-refractivity contribution < 1.29 is 8.81 Å². The second kappa shape index (κ2) is 10.0. The molecule has 0 bridgehead atoms. The van der Waals surface area contributed by atoms with Crippen molar-refractivity contribution >= 4 is 72.2 Å². The van der Waals surface area contributed by atoms with Gasteiger partial charge in [-0.25, -0.2) is 4.39 Å². The van der Waals surface area contributed by atoms with E-state index in [-0.39, 0.29) is 5.82 Å². The van der Waals surface area contributed by atoms with E-state index in [9.17, 15) is 4.39 Å². The largest absolute Gasteiger partial charge is 0.456 e. The average Bonchev–Trinajstić information content (AvgIpc) is 3.55. The Morgan fingerprint density at radius 1 is 0.545 bits per heavy atom. The van der Waals surface area contributed by atoms with Gasteiger partial charge in [0.25, 0.3) is 0 Å². The van der Waals surface area contributed by atoms with Crippen molar-refractivity contribution in [3.05, 3.63) is 139 Å². The van der Waals surface area contributed by atoms with E-state index in [1.165, 1.54) is 28.5 Å². The lowest BCUT2D eigenvalue weighted by molar-refractivity contribution is 0.628. The summed E-state index contributed by atoms with van der Waals surface area (Å²) in [6.07, 6.45) is 0. The van der Waals surface area contributed by atoms with Crippen LogP contribution in [-0.4, -0.2) is 11.6 Å². The number of aromatic nitrogens is 1. The average molecular weight is 576 g/mol. The predicted molar refractivity (Wildman–Crippen MR) is 182 cm³/mol. The quantitative estimate of drug-likeness (QED) is 0.204. The molecule has 0 fully saturated rings. The van der Waals surface area contributed by atoms with Gasteiger partial charge in [0.15, 0.2) is 0 Å². The lowest BCUT2D eigenvalue weighted by Crippen LogP contribution is -2.09. The minimum absolute atomic E-state index is 0.236. The van der Waals surface area contributed by atoms with E-state index in [2.05, 4.69) is 125 Å². The zero-order chi connectivity index (χ0) is 29.9. The first-order valence-electron chi connectivity index (χ1n) is 14.7. The summed E-state index contributed by atoms with van der Waals surface area (Å²) in [6, 6.07) is 43.1. The van der Waals surface area contributed by atoms with Crippen molar-refractivity contribution in [1.29, 1.82) is 0 Å². The maximum Gasteiger partial charge on any atom is 0.135 e. The SMILES string of the molecule is Cc1ccc2oc3ccc(N(c4ccccc4)c4ccc5c6ccc(N(C)c7ccc(F)cc7)cc6n(C)c5c4)cc3c2c1. The summed E-state index contributed by atoms with van der Waals surface area (Å²) in [5, 5.41) is 4.62. The number of nitrogens with zero attached hydrogens (tertiary/aromatic N) is 3. The number of aryl methyl sites for hydroxylation is 2. The Bertz CT molecular complexity index is 2330. The topological polar surface area (TPSA) is 24.6 Å². The zero-order valence-electron chi connectivity index (χ0n) is 24.8. The number of benzene rings is 6. The maximum absolute atomic E-state index is 13.5. The third-order valence-electron chi connectivity index (χ3n) is 8.72. The Hall–Kier alpha value is -5.55. The van der Waals surface area contributed by atoms with Crippen molar-refractivity contribution in [2.24, 2.45) is 7.05 Å². The van der Waals surface area contributed by atoms with E-state index in [1.54, 1.807) is 12.1 Å². The van der Waals surface area contributed by atoms with Crippen LogP contribution in [0.2, 0.25) is 0 Å². The van der Waals surface area contributed by atoms with Gasteiger partial charge in [0.2, 0.25) is 0 Å². The van der Waals surface area contributed by atoms with Crippen LogP contribution >= 0.6 is 0 Å². The molecule has 0 radical (unpaired) electrons. The molecular formula is C39H30FN3O. The van der Waals surface area contributed by atoms with E-state index >= 15 is 0 Å². The molecule has 6 aromatic carbocycles. The van der Waals surface area contributed by atoms with Gasteiger partial charge in [-0.3, -0.25) is 0 Å². The van der Waals surface area contributed by atoms with Gasteiger partial charge in [-0.2, -0.15) is 0 Å². The Kier molecular flexibility index (Phi) is 5.95. The normalized spacial score (nSPS) is 11.6. The van der Waals surface area contributed by atoms with Crippen LogP contribution in [0.1, 0.15) is 5.56 Å². The van der Waals surface area contributed by atoms with Crippen molar-refractivity contribution in [3.63, 3.8) is 0 Å². The lowest BCUT2D eigenvalue weighted by Gasteiger charge is -2.25. The Balaban J connectivity index is 1.27. The van der Waals surface area contributed by atoms with Crippen LogP contribution in [0.3, 0.4) is 0 Å². The fraction of sp³-hybridized carbons (Fsp3) is 0.0769. The van der Waals surface area contributed by atoms with Crippen LogP contribution in [0.5, 0.6) is 0 Å². The van der Waals surface area contributed by atoms with Gasteiger partial charge in [-0.05, 0) is 97.9 Å². The molecule has 5 heteroatoms. The summed E-state index contributed by atoms with van der Waals surface area (Å²) in [5.41, 5.74) is 10.5. The van der Waals surface area contributed by atoms with Crippen molar-refractivity contribution in [3.8, 4) is 0 Å². The molecule has 8 aromatic rings. The number of hydrogen-bond donors (Lipinski definition) is 0. The first kappa shape index (κ1) is 26.1. The third-order valence-corrected chi connectivity index (χ3v) is 8.72. The molecule has 8 rings (SSSR count). The number of para-hydroxylation sites is 1. The van der Waals surface area contributed by atoms with E-state index in [0.29, 0.717) is 0 Å². The van der Waals surface area contributed by atoms with Crippen LogP contribution in [-0.2, 0) is 7.05 Å². The molecule has 0 aliphatic rings. The molecule has 0 aliphatic heterocycles. The molecule has 0 unspecified atom stereocenters. The summed E-state index contributed by atoms with van der Waals surface area (Å²) in [7, 11) is 4.13. The van der Waals surface area contributed by atoms with Crippen LogP contribution in [0.4, 0.5) is 32.8 Å².